The summed E-state index contributed by atoms with van der Waals surface area (Å²) in [6.07, 6.45) is 4.95. The molecule has 132 valence electrons. The first-order valence-electron chi connectivity index (χ1n) is 8.13. The molecule has 3 aromatic rings. The van der Waals surface area contributed by atoms with Gasteiger partial charge < -0.3 is 10.1 Å². The molecule has 0 unspecified atom stereocenters. The Morgan fingerprint density at radius 1 is 1.35 bits per heavy atom. The number of allylic oxidation sites excluding steroid dienone is 1. The summed E-state index contributed by atoms with van der Waals surface area (Å²) in [5, 5.41) is 4.01. The van der Waals surface area contributed by atoms with E-state index in [1.54, 1.807) is 55.9 Å². The Morgan fingerprint density at radius 3 is 2.88 bits per heavy atom. The number of pyridine rings is 2. The summed E-state index contributed by atoms with van der Waals surface area (Å²) in [5.41, 5.74) is 0.914. The average Bonchev–Trinajstić information content (AvgIpc) is 2.68. The van der Waals surface area contributed by atoms with E-state index in [9.17, 15) is 9.59 Å². The first-order valence-corrected chi connectivity index (χ1v) is 8.13. The second-order valence-corrected chi connectivity index (χ2v) is 5.73. The molecule has 0 aliphatic heterocycles. The molecule has 26 heavy (non-hydrogen) atoms. The van der Waals surface area contributed by atoms with Gasteiger partial charge >= 0.3 is 0 Å². The number of methoxy groups -OCH3 is 1. The van der Waals surface area contributed by atoms with Gasteiger partial charge in [0, 0.05) is 30.9 Å². The van der Waals surface area contributed by atoms with Crippen molar-refractivity contribution in [3.8, 4) is 5.75 Å². The molecular formula is C20H19N3O3. The summed E-state index contributed by atoms with van der Waals surface area (Å²) >= 11 is 0. The van der Waals surface area contributed by atoms with Crippen LogP contribution in [0.25, 0.3) is 10.8 Å². The number of hydrogen-bond acceptors (Lipinski definition) is 4. The quantitative estimate of drug-likeness (QED) is 0.694. The van der Waals surface area contributed by atoms with Gasteiger partial charge in [-0.3, -0.25) is 19.1 Å². The van der Waals surface area contributed by atoms with E-state index in [-0.39, 0.29) is 23.7 Å². The molecule has 0 atom stereocenters. The first-order chi connectivity index (χ1) is 12.6. The monoisotopic (exact) mass is 349 g/mol. The van der Waals surface area contributed by atoms with Gasteiger partial charge in [0.15, 0.2) is 0 Å². The summed E-state index contributed by atoms with van der Waals surface area (Å²) in [5.74, 6) is 0.289. The number of aromatic nitrogens is 2. The van der Waals surface area contributed by atoms with Gasteiger partial charge in [-0.25, -0.2) is 0 Å². The highest BCUT2D eigenvalue weighted by Gasteiger charge is 2.15. The largest absolute Gasteiger partial charge is 0.497 e. The third kappa shape index (κ3) is 3.49. The van der Waals surface area contributed by atoms with Crippen molar-refractivity contribution >= 4 is 16.7 Å². The van der Waals surface area contributed by atoms with Crippen molar-refractivity contribution in [3.63, 3.8) is 0 Å². The maximum Gasteiger partial charge on any atom is 0.268 e. The molecule has 6 heteroatoms. The Balaban J connectivity index is 2.01. The van der Waals surface area contributed by atoms with Gasteiger partial charge in [-0.1, -0.05) is 12.1 Å². The molecule has 0 saturated carbocycles. The number of nitrogens with one attached hydrogen (secondary N) is 1. The fraction of sp³-hybridized carbons (Fsp3) is 0.150. The summed E-state index contributed by atoms with van der Waals surface area (Å²) in [7, 11) is 1.56. The number of amides is 1. The minimum atomic E-state index is -0.336. The second kappa shape index (κ2) is 7.65. The molecule has 1 N–H and O–H groups in total. The maximum absolute atomic E-state index is 12.8. The highest BCUT2D eigenvalue weighted by Crippen LogP contribution is 2.19. The maximum atomic E-state index is 12.8. The van der Waals surface area contributed by atoms with Crippen LogP contribution in [0.2, 0.25) is 0 Å². The standard InChI is InChI=1S/C20H19N3O3/c1-3-9-23-18(19(24)22-13-14-5-4-8-21-12-14)11-15-10-16(26-2)6-7-17(15)20(23)25/h3-8,10-12H,1,9,13H2,2H3,(H,22,24). The topological polar surface area (TPSA) is 73.2 Å². The molecule has 0 fully saturated rings. The molecule has 0 saturated heterocycles. The lowest BCUT2D eigenvalue weighted by Crippen LogP contribution is -2.32. The summed E-state index contributed by atoms with van der Waals surface area (Å²) in [6.45, 7) is 4.25. The predicted octanol–water partition coefficient (Wildman–Crippen LogP) is 2.52. The molecule has 0 aliphatic carbocycles. The van der Waals surface area contributed by atoms with E-state index in [1.165, 1.54) is 4.57 Å². The van der Waals surface area contributed by atoms with Crippen LogP contribution in [0.15, 0.2) is 66.2 Å². The van der Waals surface area contributed by atoms with Crippen LogP contribution in [-0.4, -0.2) is 22.6 Å². The van der Waals surface area contributed by atoms with Crippen molar-refractivity contribution in [3.05, 3.63) is 83.1 Å². The van der Waals surface area contributed by atoms with Gasteiger partial charge in [0.2, 0.25) is 0 Å². The number of nitrogens with zero attached hydrogens (tertiary/aromatic N) is 2. The van der Waals surface area contributed by atoms with Crippen LogP contribution in [0, 0.1) is 0 Å². The third-order valence-corrected chi connectivity index (χ3v) is 4.04. The van der Waals surface area contributed by atoms with E-state index in [2.05, 4.69) is 16.9 Å². The van der Waals surface area contributed by atoms with Crippen LogP contribution in [0.3, 0.4) is 0 Å². The molecular weight excluding hydrogens is 330 g/mol. The molecule has 1 aromatic carbocycles. The zero-order valence-electron chi connectivity index (χ0n) is 14.4. The minimum Gasteiger partial charge on any atom is -0.497 e. The Morgan fingerprint density at radius 2 is 2.19 bits per heavy atom. The van der Waals surface area contributed by atoms with Gasteiger partial charge in [-0.2, -0.15) is 0 Å². The number of ether oxygens (including phenoxy) is 1. The van der Waals surface area contributed by atoms with Gasteiger partial charge in [0.1, 0.15) is 11.4 Å². The first kappa shape index (κ1) is 17.4. The van der Waals surface area contributed by atoms with Crippen LogP contribution in [0.5, 0.6) is 5.75 Å². The van der Waals surface area contributed by atoms with Gasteiger partial charge in [-0.05, 0) is 41.3 Å². The van der Waals surface area contributed by atoms with Crippen molar-refractivity contribution in [2.75, 3.05) is 7.11 Å². The second-order valence-electron chi connectivity index (χ2n) is 5.73. The lowest BCUT2D eigenvalue weighted by atomic mass is 10.1. The molecule has 0 bridgehead atoms. The van der Waals surface area contributed by atoms with Crippen LogP contribution in [-0.2, 0) is 13.1 Å². The van der Waals surface area contributed by atoms with Gasteiger partial charge in [0.05, 0.1) is 7.11 Å². The van der Waals surface area contributed by atoms with Gasteiger partial charge in [-0.15, -0.1) is 6.58 Å². The molecule has 0 spiro atoms. The summed E-state index contributed by atoms with van der Waals surface area (Å²) in [4.78, 5) is 29.5. The van der Waals surface area contributed by atoms with E-state index in [1.807, 2.05) is 6.07 Å². The highest BCUT2D eigenvalue weighted by atomic mass is 16.5. The van der Waals surface area contributed by atoms with E-state index < -0.39 is 0 Å². The zero-order valence-corrected chi connectivity index (χ0v) is 14.4. The number of benzene rings is 1. The zero-order chi connectivity index (χ0) is 18.5. The van der Waals surface area contributed by atoms with Crippen LogP contribution in [0.1, 0.15) is 16.1 Å². The lowest BCUT2D eigenvalue weighted by molar-refractivity contribution is 0.0941. The number of hydrogen-bond donors (Lipinski definition) is 1. The molecule has 3 rings (SSSR count). The molecule has 1 amide bonds. The number of carbonyl (C=O) groups excluding carboxylic acids is 1. The molecule has 2 aromatic heterocycles. The average molecular weight is 349 g/mol. The Hall–Kier alpha value is -3.41. The summed E-state index contributed by atoms with van der Waals surface area (Å²) in [6, 6.07) is 10.5. The lowest BCUT2D eigenvalue weighted by Gasteiger charge is -2.13. The van der Waals surface area contributed by atoms with Crippen molar-refractivity contribution in [1.82, 2.24) is 14.9 Å². The van der Waals surface area contributed by atoms with E-state index >= 15 is 0 Å². The fourth-order valence-corrected chi connectivity index (χ4v) is 2.74. The number of fused-ring (bicyclic) bond motifs is 1. The third-order valence-electron chi connectivity index (χ3n) is 4.04. The number of rotatable bonds is 6. The van der Waals surface area contributed by atoms with Crippen molar-refractivity contribution in [2.45, 2.75) is 13.1 Å². The van der Waals surface area contributed by atoms with Crippen molar-refractivity contribution < 1.29 is 9.53 Å². The summed E-state index contributed by atoms with van der Waals surface area (Å²) < 4.78 is 6.63. The van der Waals surface area contributed by atoms with E-state index in [0.717, 1.165) is 5.56 Å². The van der Waals surface area contributed by atoms with Crippen LogP contribution in [0.4, 0.5) is 0 Å². The smallest absolute Gasteiger partial charge is 0.268 e. The SMILES string of the molecule is C=CCn1c(C(=O)NCc2cccnc2)cc2cc(OC)ccc2c1=O. The van der Waals surface area contributed by atoms with Crippen molar-refractivity contribution in [2.24, 2.45) is 0 Å². The predicted molar refractivity (Wildman–Crippen MR) is 100 cm³/mol. The van der Waals surface area contributed by atoms with Crippen molar-refractivity contribution in [1.29, 1.82) is 0 Å². The Labute approximate surface area is 150 Å². The van der Waals surface area contributed by atoms with E-state index in [0.29, 0.717) is 23.1 Å². The van der Waals surface area contributed by atoms with Gasteiger partial charge in [0.25, 0.3) is 11.5 Å². The normalized spacial score (nSPS) is 10.5. The highest BCUT2D eigenvalue weighted by molar-refractivity contribution is 5.97. The number of carbonyl (C=O) groups is 1. The molecule has 6 nitrogen and oxygen atoms in total. The van der Waals surface area contributed by atoms with Crippen LogP contribution >= 0.6 is 0 Å². The molecule has 0 aliphatic rings. The Bertz CT molecular complexity index is 1010. The molecule has 0 radical (unpaired) electrons. The Kier molecular flexibility index (Phi) is 5.12. The molecule has 2 heterocycles. The van der Waals surface area contributed by atoms with E-state index in [4.69, 9.17) is 4.74 Å². The fourth-order valence-electron chi connectivity index (χ4n) is 2.74. The minimum absolute atomic E-state index is 0.239. The van der Waals surface area contributed by atoms with Crippen LogP contribution < -0.4 is 15.6 Å².